The largest absolute Gasteiger partial charge is 0.497 e. The van der Waals surface area contributed by atoms with E-state index in [1.54, 1.807) is 7.11 Å². The van der Waals surface area contributed by atoms with E-state index in [1.807, 2.05) is 67.6 Å². The topological polar surface area (TPSA) is 59.9 Å². The van der Waals surface area contributed by atoms with Gasteiger partial charge in [0.25, 0.3) is 5.91 Å². The van der Waals surface area contributed by atoms with Gasteiger partial charge in [-0.2, -0.15) is 5.10 Å². The normalized spacial score (nSPS) is 12.0. The molecule has 0 aliphatic carbocycles. The van der Waals surface area contributed by atoms with E-state index in [0.29, 0.717) is 5.75 Å². The number of ether oxygens (including phenoxy) is 2. The molecule has 5 heteroatoms. The SMILES string of the molecule is COc1ccc2cc(C(C)=NNC(=O)COc3ccc(C(C)(C)C)cc3)ccc2c1. The van der Waals surface area contributed by atoms with Gasteiger partial charge in [0, 0.05) is 0 Å². The standard InChI is InChI=1S/C25H28N2O3/c1-17(18-6-7-20-15-23(29-5)11-8-19(20)14-18)26-27-24(28)16-30-22-12-9-21(10-13-22)25(2,3)4/h6-15H,16H2,1-5H3,(H,27,28). The summed E-state index contributed by atoms with van der Waals surface area (Å²) < 4.78 is 10.8. The lowest BCUT2D eigenvalue weighted by Gasteiger charge is -2.19. The number of benzene rings is 3. The van der Waals surface area contributed by atoms with Gasteiger partial charge in [-0.3, -0.25) is 4.79 Å². The Kier molecular flexibility index (Phi) is 6.40. The Morgan fingerprint density at radius 2 is 1.57 bits per heavy atom. The highest BCUT2D eigenvalue weighted by Crippen LogP contribution is 2.24. The first-order valence-corrected chi connectivity index (χ1v) is 9.91. The summed E-state index contributed by atoms with van der Waals surface area (Å²) in [6.45, 7) is 8.23. The zero-order chi connectivity index (χ0) is 21.7. The molecule has 3 rings (SSSR count). The number of hydrogen-bond acceptors (Lipinski definition) is 4. The van der Waals surface area contributed by atoms with E-state index >= 15 is 0 Å². The average molecular weight is 405 g/mol. The Balaban J connectivity index is 1.58. The van der Waals surface area contributed by atoms with E-state index in [2.05, 4.69) is 31.3 Å². The van der Waals surface area contributed by atoms with Crippen molar-refractivity contribution < 1.29 is 14.3 Å². The third kappa shape index (κ3) is 5.38. The molecule has 30 heavy (non-hydrogen) atoms. The molecule has 0 spiro atoms. The van der Waals surface area contributed by atoms with Crippen molar-refractivity contribution in [2.45, 2.75) is 33.1 Å². The lowest BCUT2D eigenvalue weighted by atomic mass is 9.87. The summed E-state index contributed by atoms with van der Waals surface area (Å²) in [6, 6.07) is 19.7. The number of hydrogen-bond donors (Lipinski definition) is 1. The molecule has 0 aliphatic rings. The molecule has 1 amide bonds. The highest BCUT2D eigenvalue weighted by atomic mass is 16.5. The predicted molar refractivity (Wildman–Crippen MR) is 121 cm³/mol. The maximum absolute atomic E-state index is 12.1. The Morgan fingerprint density at radius 3 is 2.23 bits per heavy atom. The number of amides is 1. The van der Waals surface area contributed by atoms with Crippen LogP contribution in [0.2, 0.25) is 0 Å². The number of nitrogens with zero attached hydrogens (tertiary/aromatic N) is 1. The Hall–Kier alpha value is -3.34. The Bertz CT molecular complexity index is 1060. The van der Waals surface area contributed by atoms with Gasteiger partial charge in [-0.1, -0.05) is 51.1 Å². The van der Waals surface area contributed by atoms with Crippen LogP contribution in [0.5, 0.6) is 11.5 Å². The highest BCUT2D eigenvalue weighted by molar-refractivity contribution is 6.02. The molecule has 0 aromatic heterocycles. The fraction of sp³-hybridized carbons (Fsp3) is 0.280. The lowest BCUT2D eigenvalue weighted by Crippen LogP contribution is -2.25. The third-order valence-electron chi connectivity index (χ3n) is 4.90. The first-order valence-electron chi connectivity index (χ1n) is 9.91. The minimum absolute atomic E-state index is 0.0803. The van der Waals surface area contributed by atoms with Crippen LogP contribution in [0.25, 0.3) is 10.8 Å². The second-order valence-corrected chi connectivity index (χ2v) is 8.22. The van der Waals surface area contributed by atoms with E-state index in [1.165, 1.54) is 5.56 Å². The molecule has 0 radical (unpaired) electrons. The zero-order valence-corrected chi connectivity index (χ0v) is 18.2. The van der Waals surface area contributed by atoms with Gasteiger partial charge in [0.1, 0.15) is 11.5 Å². The van der Waals surface area contributed by atoms with Crippen LogP contribution in [0.1, 0.15) is 38.8 Å². The summed E-state index contributed by atoms with van der Waals surface area (Å²) >= 11 is 0. The van der Waals surface area contributed by atoms with Crippen LogP contribution in [-0.2, 0) is 10.2 Å². The highest BCUT2D eigenvalue weighted by Gasteiger charge is 2.13. The molecule has 1 N–H and O–H groups in total. The van der Waals surface area contributed by atoms with Gasteiger partial charge >= 0.3 is 0 Å². The fourth-order valence-corrected chi connectivity index (χ4v) is 3.02. The van der Waals surface area contributed by atoms with Gasteiger partial charge in [0.05, 0.1) is 12.8 Å². The van der Waals surface area contributed by atoms with Crippen LogP contribution >= 0.6 is 0 Å². The van der Waals surface area contributed by atoms with Crippen molar-refractivity contribution >= 4 is 22.4 Å². The van der Waals surface area contributed by atoms with Crippen LogP contribution in [0.15, 0.2) is 65.8 Å². The van der Waals surface area contributed by atoms with Crippen molar-refractivity contribution in [1.29, 1.82) is 0 Å². The smallest absolute Gasteiger partial charge is 0.277 e. The van der Waals surface area contributed by atoms with Gasteiger partial charge in [0.15, 0.2) is 6.61 Å². The van der Waals surface area contributed by atoms with Crippen LogP contribution in [0.4, 0.5) is 0 Å². The summed E-state index contributed by atoms with van der Waals surface area (Å²) in [6.07, 6.45) is 0. The molecule has 0 fully saturated rings. The molecule has 0 bridgehead atoms. The van der Waals surface area contributed by atoms with E-state index in [-0.39, 0.29) is 17.9 Å². The van der Waals surface area contributed by atoms with Crippen molar-refractivity contribution in [1.82, 2.24) is 5.43 Å². The summed E-state index contributed by atoms with van der Waals surface area (Å²) in [5.74, 6) is 1.17. The first-order chi connectivity index (χ1) is 14.3. The number of nitrogens with one attached hydrogen (secondary N) is 1. The van der Waals surface area contributed by atoms with Gasteiger partial charge in [-0.05, 0) is 64.6 Å². The molecule has 5 nitrogen and oxygen atoms in total. The zero-order valence-electron chi connectivity index (χ0n) is 18.2. The first kappa shape index (κ1) is 21.4. The van der Waals surface area contributed by atoms with Gasteiger partial charge in [0.2, 0.25) is 0 Å². The van der Waals surface area contributed by atoms with Crippen LogP contribution in [0, 0.1) is 0 Å². The van der Waals surface area contributed by atoms with Gasteiger partial charge in [-0.25, -0.2) is 5.43 Å². The van der Waals surface area contributed by atoms with Crippen LogP contribution < -0.4 is 14.9 Å². The average Bonchev–Trinajstić information content (AvgIpc) is 2.74. The predicted octanol–water partition coefficient (Wildman–Crippen LogP) is 5.07. The van der Waals surface area contributed by atoms with Gasteiger partial charge < -0.3 is 9.47 Å². The molecule has 3 aromatic carbocycles. The molecular weight excluding hydrogens is 376 g/mol. The van der Waals surface area contributed by atoms with Crippen molar-refractivity contribution in [2.24, 2.45) is 5.10 Å². The van der Waals surface area contributed by atoms with Crippen molar-refractivity contribution in [2.75, 3.05) is 13.7 Å². The van der Waals surface area contributed by atoms with Crippen molar-refractivity contribution in [3.8, 4) is 11.5 Å². The van der Waals surface area contributed by atoms with Crippen LogP contribution in [0.3, 0.4) is 0 Å². The molecule has 0 saturated carbocycles. The molecule has 156 valence electrons. The van der Waals surface area contributed by atoms with E-state index in [0.717, 1.165) is 27.8 Å². The lowest BCUT2D eigenvalue weighted by molar-refractivity contribution is -0.123. The van der Waals surface area contributed by atoms with Crippen molar-refractivity contribution in [3.05, 3.63) is 71.8 Å². The Labute approximate surface area is 177 Å². The Morgan fingerprint density at radius 1 is 0.933 bits per heavy atom. The third-order valence-corrected chi connectivity index (χ3v) is 4.90. The number of fused-ring (bicyclic) bond motifs is 1. The minimum Gasteiger partial charge on any atom is -0.497 e. The van der Waals surface area contributed by atoms with Crippen LogP contribution in [-0.4, -0.2) is 25.3 Å². The fourth-order valence-electron chi connectivity index (χ4n) is 3.02. The molecule has 0 saturated heterocycles. The monoisotopic (exact) mass is 404 g/mol. The quantitative estimate of drug-likeness (QED) is 0.461. The summed E-state index contributed by atoms with van der Waals surface area (Å²) in [5, 5.41) is 6.37. The summed E-state index contributed by atoms with van der Waals surface area (Å²) in [7, 11) is 1.65. The molecular formula is C25H28N2O3. The minimum atomic E-state index is -0.306. The molecule has 0 heterocycles. The number of hydrazone groups is 1. The summed E-state index contributed by atoms with van der Waals surface area (Å²) in [4.78, 5) is 12.1. The molecule has 0 atom stereocenters. The van der Waals surface area contributed by atoms with E-state index in [9.17, 15) is 4.79 Å². The number of carbonyl (C=O) groups excluding carboxylic acids is 1. The number of carbonyl (C=O) groups is 1. The number of rotatable bonds is 6. The molecule has 0 aliphatic heterocycles. The summed E-state index contributed by atoms with van der Waals surface area (Å²) in [5.41, 5.74) is 5.51. The maximum Gasteiger partial charge on any atom is 0.277 e. The van der Waals surface area contributed by atoms with Crippen molar-refractivity contribution in [3.63, 3.8) is 0 Å². The van der Waals surface area contributed by atoms with Gasteiger partial charge in [-0.15, -0.1) is 0 Å². The molecule has 3 aromatic rings. The second-order valence-electron chi connectivity index (χ2n) is 8.22. The van der Waals surface area contributed by atoms with E-state index in [4.69, 9.17) is 9.47 Å². The number of methoxy groups -OCH3 is 1. The second kappa shape index (κ2) is 8.99. The van der Waals surface area contributed by atoms with E-state index < -0.39 is 0 Å². The molecule has 0 unspecified atom stereocenters. The maximum atomic E-state index is 12.1.